The van der Waals surface area contributed by atoms with Crippen molar-refractivity contribution in [1.82, 2.24) is 20.3 Å². The van der Waals surface area contributed by atoms with Crippen LogP contribution in [0.1, 0.15) is 64.1 Å². The third-order valence-corrected chi connectivity index (χ3v) is 9.19. The molecule has 0 radical (unpaired) electrons. The molecule has 232 valence electrons. The number of carbonyl (C=O) groups excluding carboxylic acids is 2. The lowest BCUT2D eigenvalue weighted by molar-refractivity contribution is -0.00533. The van der Waals surface area contributed by atoms with Crippen molar-refractivity contribution in [3.05, 3.63) is 65.3 Å². The minimum absolute atomic E-state index is 0.0241. The lowest BCUT2D eigenvalue weighted by Gasteiger charge is -2.28. The Balaban J connectivity index is 1.50. The molecule has 1 saturated heterocycles. The topological polar surface area (TPSA) is 148 Å². The summed E-state index contributed by atoms with van der Waals surface area (Å²) in [6.45, 7) is 9.51. The van der Waals surface area contributed by atoms with Gasteiger partial charge >= 0.3 is 12.1 Å². The maximum absolute atomic E-state index is 13.6. The van der Waals surface area contributed by atoms with Gasteiger partial charge in [-0.15, -0.1) is 11.3 Å². The number of nitrogens with one attached hydrogen (secondary N) is 4. The van der Waals surface area contributed by atoms with Crippen LogP contribution in [0.25, 0.3) is 10.4 Å². The number of rotatable bonds is 9. The molecule has 11 nitrogen and oxygen atoms in total. The van der Waals surface area contributed by atoms with Crippen molar-refractivity contribution in [2.45, 2.75) is 82.7 Å². The van der Waals surface area contributed by atoms with Crippen LogP contribution in [0.15, 0.2) is 59.6 Å². The van der Waals surface area contributed by atoms with Gasteiger partial charge in [0, 0.05) is 29.5 Å². The highest BCUT2D eigenvalue weighted by Gasteiger charge is 2.29. The number of anilines is 1. The molecule has 13 heteroatoms. The number of sulfonamides is 1. The van der Waals surface area contributed by atoms with Crippen molar-refractivity contribution in [3.63, 3.8) is 0 Å². The van der Waals surface area contributed by atoms with E-state index in [9.17, 15) is 18.0 Å². The van der Waals surface area contributed by atoms with Crippen LogP contribution in [-0.4, -0.2) is 49.8 Å². The molecule has 0 spiro atoms. The normalized spacial score (nSPS) is 17.3. The molecule has 3 amide bonds. The number of ether oxygens (including phenoxy) is 2. The van der Waals surface area contributed by atoms with E-state index >= 15 is 0 Å². The van der Waals surface area contributed by atoms with Gasteiger partial charge in [-0.3, -0.25) is 0 Å². The second kappa shape index (κ2) is 13.8. The van der Waals surface area contributed by atoms with Crippen LogP contribution in [0, 0.1) is 0 Å². The lowest BCUT2D eigenvalue weighted by Crippen LogP contribution is -2.42. The van der Waals surface area contributed by atoms with E-state index in [1.165, 1.54) is 17.4 Å². The van der Waals surface area contributed by atoms with E-state index in [1.807, 2.05) is 30.3 Å². The number of carbonyl (C=O) groups is 2. The second-order valence-corrected chi connectivity index (χ2v) is 14.3. The van der Waals surface area contributed by atoms with Crippen molar-refractivity contribution in [1.29, 1.82) is 0 Å². The molecular formula is C30H39N5O6S2. The average Bonchev–Trinajstić information content (AvgIpc) is 3.41. The quantitative estimate of drug-likeness (QED) is 0.242. The summed E-state index contributed by atoms with van der Waals surface area (Å²) in [5.74, 6) is 0. The summed E-state index contributed by atoms with van der Waals surface area (Å²) >= 11 is 1.35. The van der Waals surface area contributed by atoms with Crippen LogP contribution in [-0.2, 0) is 26.0 Å². The second-order valence-electron chi connectivity index (χ2n) is 11.6. The highest BCUT2D eigenvalue weighted by molar-refractivity contribution is 7.89. The first-order valence-corrected chi connectivity index (χ1v) is 16.4. The maximum atomic E-state index is 13.6. The molecule has 1 fully saturated rings. The fourth-order valence-electron chi connectivity index (χ4n) is 4.47. The zero-order chi connectivity index (χ0) is 31.2. The number of hydrogen-bond donors (Lipinski definition) is 4. The van der Waals surface area contributed by atoms with Crippen LogP contribution >= 0.6 is 11.3 Å². The SMILES string of the molecule is CC(C)OC(=O)NC1CC[C@@H](c2ncc(-c3ccc(NC(=O)NCc4ccccc4)cc3S(=O)(=O)NC(C)(C)C)s2)OC1. The summed E-state index contributed by atoms with van der Waals surface area (Å²) in [5, 5.41) is 9.06. The number of hydrogen-bond acceptors (Lipinski definition) is 8. The first kappa shape index (κ1) is 32.4. The highest BCUT2D eigenvalue weighted by Crippen LogP contribution is 2.38. The zero-order valence-corrected chi connectivity index (χ0v) is 26.6. The first-order valence-electron chi connectivity index (χ1n) is 14.1. The Kier molecular flexibility index (Phi) is 10.4. The van der Waals surface area contributed by atoms with E-state index in [1.54, 1.807) is 52.9 Å². The molecule has 1 unspecified atom stereocenters. The first-order chi connectivity index (χ1) is 20.3. The van der Waals surface area contributed by atoms with Crippen molar-refractivity contribution in [2.75, 3.05) is 11.9 Å². The Morgan fingerprint density at radius 3 is 2.51 bits per heavy atom. The molecule has 0 aliphatic carbocycles. The van der Waals surface area contributed by atoms with Gasteiger partial charge in [-0.25, -0.2) is 27.7 Å². The molecular weight excluding hydrogens is 590 g/mol. The molecule has 0 bridgehead atoms. The van der Waals surface area contributed by atoms with Crippen LogP contribution in [0.3, 0.4) is 0 Å². The molecule has 1 aliphatic heterocycles. The van der Waals surface area contributed by atoms with Crippen molar-refractivity contribution >= 4 is 39.2 Å². The monoisotopic (exact) mass is 629 g/mol. The number of benzene rings is 2. The molecule has 2 heterocycles. The number of amides is 3. The summed E-state index contributed by atoms with van der Waals surface area (Å²) in [4.78, 5) is 29.7. The van der Waals surface area contributed by atoms with E-state index in [0.717, 1.165) is 5.56 Å². The lowest BCUT2D eigenvalue weighted by atomic mass is 10.1. The third kappa shape index (κ3) is 9.48. The summed E-state index contributed by atoms with van der Waals surface area (Å²) in [7, 11) is -3.98. The van der Waals surface area contributed by atoms with Gasteiger partial charge < -0.3 is 25.4 Å². The van der Waals surface area contributed by atoms with E-state index < -0.39 is 27.7 Å². The Morgan fingerprint density at radius 2 is 1.86 bits per heavy atom. The van der Waals surface area contributed by atoms with Gasteiger partial charge in [-0.1, -0.05) is 36.4 Å². The van der Waals surface area contributed by atoms with Gasteiger partial charge in [0.1, 0.15) is 11.1 Å². The van der Waals surface area contributed by atoms with E-state index in [-0.39, 0.29) is 23.1 Å². The van der Waals surface area contributed by atoms with E-state index in [2.05, 4.69) is 25.7 Å². The van der Waals surface area contributed by atoms with Crippen LogP contribution in [0.2, 0.25) is 0 Å². The molecule has 1 aromatic heterocycles. The molecule has 2 aromatic carbocycles. The number of alkyl carbamates (subject to hydrolysis) is 1. The smallest absolute Gasteiger partial charge is 0.407 e. The number of urea groups is 1. The fourth-order valence-corrected chi connectivity index (χ4v) is 7.25. The molecule has 1 aliphatic rings. The highest BCUT2D eigenvalue weighted by atomic mass is 32.2. The van der Waals surface area contributed by atoms with Gasteiger partial charge in [0.15, 0.2) is 0 Å². The Labute approximate surface area is 256 Å². The molecule has 0 saturated carbocycles. The molecule has 2 atom stereocenters. The molecule has 43 heavy (non-hydrogen) atoms. The summed E-state index contributed by atoms with van der Waals surface area (Å²) in [5.41, 5.74) is 1.00. The predicted molar refractivity (Wildman–Crippen MR) is 166 cm³/mol. The summed E-state index contributed by atoms with van der Waals surface area (Å²) in [6.07, 6.45) is 2.01. The third-order valence-electron chi connectivity index (χ3n) is 6.27. The predicted octanol–water partition coefficient (Wildman–Crippen LogP) is 5.56. The fraction of sp³-hybridized carbons (Fsp3) is 0.433. The molecule has 3 aromatic rings. The van der Waals surface area contributed by atoms with Crippen molar-refractivity contribution < 1.29 is 27.5 Å². The Hall–Kier alpha value is -3.52. The summed E-state index contributed by atoms with van der Waals surface area (Å²) in [6, 6.07) is 13.6. The Bertz CT molecular complexity index is 1510. The number of nitrogens with zero attached hydrogens (tertiary/aromatic N) is 1. The molecule has 4 rings (SSSR count). The Morgan fingerprint density at radius 1 is 1.12 bits per heavy atom. The van der Waals surface area contributed by atoms with Gasteiger partial charge in [0.05, 0.1) is 28.5 Å². The average molecular weight is 630 g/mol. The standard InChI is InChI=1S/C30H39N5O6S2/c1-19(2)41-29(37)34-22-12-14-24(40-18-22)27-31-17-25(42-27)23-13-11-21(15-26(23)43(38,39)35-30(3,4)5)33-28(36)32-16-20-9-7-6-8-10-20/h6-11,13,15,17,19,22,24,35H,12,14,16,18H2,1-5H3,(H,34,37)(H2,32,33,36)/t22?,24-/m0/s1. The van der Waals surface area contributed by atoms with E-state index in [0.29, 0.717) is 47.1 Å². The maximum Gasteiger partial charge on any atom is 0.407 e. The van der Waals surface area contributed by atoms with Gasteiger partial charge in [0.25, 0.3) is 0 Å². The van der Waals surface area contributed by atoms with Crippen LogP contribution in [0.4, 0.5) is 15.3 Å². The minimum atomic E-state index is -3.98. The zero-order valence-electron chi connectivity index (χ0n) is 25.0. The van der Waals surface area contributed by atoms with Crippen molar-refractivity contribution in [3.8, 4) is 10.4 Å². The number of thiazole rings is 1. The van der Waals surface area contributed by atoms with E-state index in [4.69, 9.17) is 9.47 Å². The largest absolute Gasteiger partial charge is 0.447 e. The van der Waals surface area contributed by atoms with Crippen LogP contribution in [0.5, 0.6) is 0 Å². The minimum Gasteiger partial charge on any atom is -0.447 e. The van der Waals surface area contributed by atoms with Crippen LogP contribution < -0.4 is 20.7 Å². The van der Waals surface area contributed by atoms with Gasteiger partial charge in [-0.2, -0.15) is 0 Å². The van der Waals surface area contributed by atoms with Crippen molar-refractivity contribution in [2.24, 2.45) is 0 Å². The van der Waals surface area contributed by atoms with Gasteiger partial charge in [-0.05, 0) is 65.2 Å². The van der Waals surface area contributed by atoms with Gasteiger partial charge in [0.2, 0.25) is 10.0 Å². The summed E-state index contributed by atoms with van der Waals surface area (Å²) < 4.78 is 41.0. The molecule has 4 N–H and O–H groups in total. The number of aromatic nitrogens is 1.